The Morgan fingerprint density at radius 3 is 0.703 bits per heavy atom. The first-order valence-electron chi connectivity index (χ1n) is 13.8. The van der Waals surface area contributed by atoms with E-state index in [1.807, 2.05) is 9.58 Å². The molecule has 0 N–H and O–H groups in total. The fourth-order valence-electron chi connectivity index (χ4n) is 8.00. The molecule has 0 amide bonds. The van der Waals surface area contributed by atoms with Gasteiger partial charge < -0.3 is 9.58 Å². The van der Waals surface area contributed by atoms with Gasteiger partial charge in [0.2, 0.25) is 0 Å². The third-order valence-electron chi connectivity index (χ3n) is 7.24. The van der Waals surface area contributed by atoms with Crippen LogP contribution in [0.25, 0.3) is 0 Å². The number of hydrogen-bond acceptors (Lipinski definition) is 0. The Labute approximate surface area is 277 Å². The molecule has 7 heteroatoms. The van der Waals surface area contributed by atoms with Crippen LogP contribution in [0.1, 0.15) is 0 Å². The standard InChI is InChI=1S/2C15H29Si3.Yb/c2*1-16(2,3)15(17(4,5)6)18(7,8)14-12-10-9-11-13-14;/h2*9-13H,1-8H3;/q2*-1;+2. The molecule has 2 rings (SSSR count). The summed E-state index contributed by atoms with van der Waals surface area (Å²) in [6.07, 6.45) is 0. The van der Waals surface area contributed by atoms with Gasteiger partial charge >= 0.3 is 46.9 Å². The van der Waals surface area contributed by atoms with E-state index in [2.05, 4.69) is 165 Å². The van der Waals surface area contributed by atoms with E-state index < -0.39 is 48.4 Å². The maximum atomic E-state index is 2.56. The minimum Gasteiger partial charge on any atom is -0.307 e. The van der Waals surface area contributed by atoms with Crippen LogP contribution in [-0.4, -0.2) is 48.4 Å². The first kappa shape index (κ1) is 38.3. The molecular formula is C30H58Si6Yb. The number of benzene rings is 2. The predicted molar refractivity (Wildman–Crippen MR) is 187 cm³/mol. The molecule has 216 valence electrons. The van der Waals surface area contributed by atoms with Crippen LogP contribution in [0.15, 0.2) is 60.7 Å². The summed E-state index contributed by atoms with van der Waals surface area (Å²) in [6.45, 7) is 40.7. The van der Waals surface area contributed by atoms with Gasteiger partial charge in [0.1, 0.15) is 0 Å². The summed E-state index contributed by atoms with van der Waals surface area (Å²) in [5.74, 6) is 0. The quantitative estimate of drug-likeness (QED) is 0.186. The van der Waals surface area contributed by atoms with Gasteiger partial charge in [-0.3, -0.25) is 0 Å². The monoisotopic (exact) mass is 760 g/mol. The van der Waals surface area contributed by atoms with Crippen molar-refractivity contribution < 1.29 is 46.9 Å². The first-order valence-corrected chi connectivity index (χ1v) is 33.8. The summed E-state index contributed by atoms with van der Waals surface area (Å²) in [6, 6.07) is 22.5. The molecule has 0 fully saturated rings. The van der Waals surface area contributed by atoms with E-state index in [0.717, 1.165) is 0 Å². The van der Waals surface area contributed by atoms with E-state index in [4.69, 9.17) is 0 Å². The van der Waals surface area contributed by atoms with Crippen molar-refractivity contribution >= 4 is 58.8 Å². The van der Waals surface area contributed by atoms with Gasteiger partial charge in [-0.2, -0.15) is 0 Å². The molecular weight excluding hydrogens is 702 g/mol. The zero-order valence-electron chi connectivity index (χ0n) is 27.0. The van der Waals surface area contributed by atoms with Crippen molar-refractivity contribution in [3.8, 4) is 0 Å². The Hall–Kier alpha value is 1.26. The van der Waals surface area contributed by atoms with Crippen LogP contribution < -0.4 is 10.4 Å². The van der Waals surface area contributed by atoms with Crippen molar-refractivity contribution in [1.29, 1.82) is 0 Å². The Morgan fingerprint density at radius 1 is 0.351 bits per heavy atom. The molecule has 0 saturated heterocycles. The molecule has 0 aromatic heterocycles. The van der Waals surface area contributed by atoms with Crippen LogP contribution >= 0.6 is 0 Å². The summed E-state index contributed by atoms with van der Waals surface area (Å²) < 4.78 is 0. The number of hydrogen-bond donors (Lipinski definition) is 0. The first-order chi connectivity index (χ1) is 15.9. The van der Waals surface area contributed by atoms with Gasteiger partial charge in [0, 0.05) is 0 Å². The van der Waals surface area contributed by atoms with Crippen molar-refractivity contribution in [2.75, 3.05) is 0 Å². The average Bonchev–Trinajstić information content (AvgIpc) is 2.64. The minimum absolute atomic E-state index is 0. The maximum absolute atomic E-state index is 2.56. The van der Waals surface area contributed by atoms with Crippen LogP contribution in [0.5, 0.6) is 0 Å². The van der Waals surface area contributed by atoms with Gasteiger partial charge in [-0.1, -0.05) is 192 Å². The van der Waals surface area contributed by atoms with E-state index >= 15 is 0 Å². The van der Waals surface area contributed by atoms with Crippen LogP contribution in [0.2, 0.25) is 105 Å². The van der Waals surface area contributed by atoms with Gasteiger partial charge in [-0.05, 0) is 0 Å². The largest absolute Gasteiger partial charge is 2.00 e. The van der Waals surface area contributed by atoms with Crippen LogP contribution in [0, 0.1) is 56.5 Å². The Balaban J connectivity index is 0.000000682. The van der Waals surface area contributed by atoms with E-state index in [1.165, 1.54) is 0 Å². The van der Waals surface area contributed by atoms with Crippen molar-refractivity contribution in [3.05, 3.63) is 70.2 Å². The molecule has 2 aromatic carbocycles. The molecule has 0 aliphatic carbocycles. The molecule has 0 atom stereocenters. The normalized spacial score (nSPS) is 13.7. The summed E-state index contributed by atoms with van der Waals surface area (Å²) in [5.41, 5.74) is 0. The smallest absolute Gasteiger partial charge is 0.307 e. The molecule has 0 nitrogen and oxygen atoms in total. The summed E-state index contributed by atoms with van der Waals surface area (Å²) in [4.78, 5) is 4.04. The molecule has 0 radical (unpaired) electrons. The zero-order chi connectivity index (χ0) is 28.4. The minimum atomic E-state index is -1.44. The molecule has 0 bridgehead atoms. The third kappa shape index (κ3) is 10.9. The SMILES string of the molecule is C[Si](C)(C)[C-]([Si](C)(C)C)[Si](C)(C)c1ccccc1.C[Si](C)(C)[C-]([Si](C)(C)C)[Si](C)(C)c1ccccc1.[Yb+2]. The Bertz CT molecular complexity index is 823. The number of rotatable bonds is 8. The van der Waals surface area contributed by atoms with Crippen molar-refractivity contribution in [3.63, 3.8) is 0 Å². The van der Waals surface area contributed by atoms with E-state index in [1.54, 1.807) is 10.4 Å². The Morgan fingerprint density at radius 2 is 0.541 bits per heavy atom. The summed E-state index contributed by atoms with van der Waals surface area (Å²) >= 11 is 0. The van der Waals surface area contributed by atoms with Crippen molar-refractivity contribution in [2.45, 2.75) is 105 Å². The zero-order valence-corrected chi connectivity index (χ0v) is 34.8. The molecule has 0 aliphatic rings. The fourth-order valence-corrected chi connectivity index (χ4v) is 60.4. The molecule has 0 heterocycles. The van der Waals surface area contributed by atoms with Gasteiger partial charge in [0.05, 0.1) is 0 Å². The second kappa shape index (κ2) is 14.0. The molecule has 37 heavy (non-hydrogen) atoms. The average molecular weight is 760 g/mol. The van der Waals surface area contributed by atoms with Gasteiger partial charge in [0.15, 0.2) is 0 Å². The molecule has 0 unspecified atom stereocenters. The third-order valence-corrected chi connectivity index (χ3v) is 44.8. The van der Waals surface area contributed by atoms with E-state index in [9.17, 15) is 0 Å². The van der Waals surface area contributed by atoms with Crippen LogP contribution in [-0.2, 0) is 0 Å². The Kier molecular flexibility index (Phi) is 14.4. The molecule has 0 spiro atoms. The molecule has 2 aromatic rings. The van der Waals surface area contributed by atoms with Crippen molar-refractivity contribution in [2.24, 2.45) is 0 Å². The fraction of sp³-hybridized carbons (Fsp3) is 0.533. The predicted octanol–water partition coefficient (Wildman–Crippen LogP) is 8.94. The second-order valence-electron chi connectivity index (χ2n) is 15.7. The summed E-state index contributed by atoms with van der Waals surface area (Å²) in [7, 11) is -7.68. The van der Waals surface area contributed by atoms with Crippen molar-refractivity contribution in [1.82, 2.24) is 0 Å². The molecule has 0 saturated carbocycles. The van der Waals surface area contributed by atoms with E-state index in [-0.39, 0.29) is 46.9 Å². The van der Waals surface area contributed by atoms with E-state index in [0.29, 0.717) is 0 Å². The maximum Gasteiger partial charge on any atom is 2.00 e. The second-order valence-corrected chi connectivity index (χ2v) is 47.4. The van der Waals surface area contributed by atoms with Crippen LogP contribution in [0.4, 0.5) is 0 Å². The summed E-state index contributed by atoms with van der Waals surface area (Å²) in [5, 5.41) is 3.23. The van der Waals surface area contributed by atoms with Crippen LogP contribution in [0.3, 0.4) is 0 Å². The topological polar surface area (TPSA) is 0 Å². The van der Waals surface area contributed by atoms with Gasteiger partial charge in [-0.25, -0.2) is 0 Å². The van der Waals surface area contributed by atoms with Gasteiger partial charge in [0.25, 0.3) is 0 Å². The molecule has 0 aliphatic heterocycles. The van der Waals surface area contributed by atoms with Gasteiger partial charge in [-0.15, -0.1) is 32.3 Å².